The molecule has 40 heavy (non-hydrogen) atoms. The number of fused-ring (bicyclic) bond motifs is 3. The first kappa shape index (κ1) is 27.3. The van der Waals surface area contributed by atoms with E-state index in [-0.39, 0.29) is 44.9 Å². The Hall–Kier alpha value is -2.84. The number of para-hydroxylation sites is 1. The third-order valence-electron chi connectivity index (χ3n) is 7.73. The summed E-state index contributed by atoms with van der Waals surface area (Å²) in [5.74, 6) is -0.155. The van der Waals surface area contributed by atoms with Crippen molar-refractivity contribution in [3.63, 3.8) is 0 Å². The van der Waals surface area contributed by atoms with Crippen molar-refractivity contribution in [3.05, 3.63) is 133 Å². The van der Waals surface area contributed by atoms with Crippen molar-refractivity contribution in [1.29, 1.82) is 0 Å². The normalized spacial score (nSPS) is 23.1. The molecule has 0 aromatic heterocycles. The zero-order chi connectivity index (χ0) is 28.0. The van der Waals surface area contributed by atoms with Gasteiger partial charge in [0.15, 0.2) is 5.78 Å². The summed E-state index contributed by atoms with van der Waals surface area (Å²) in [4.78, 5) is 25.7. The number of hydrogen-bond acceptors (Lipinski definition) is 5. The van der Waals surface area contributed by atoms with Gasteiger partial charge in [0, 0.05) is 43.5 Å². The quantitative estimate of drug-likeness (QED) is 0.0972. The number of alkyl halides is 1. The number of ketones is 1. The number of rotatable bonds is 6. The lowest BCUT2D eigenvalue weighted by Crippen LogP contribution is -2.32. The molecule has 4 aromatic carbocycles. The van der Waals surface area contributed by atoms with E-state index in [1.165, 1.54) is 17.8 Å². The minimum atomic E-state index is -0.351. The highest BCUT2D eigenvalue weighted by molar-refractivity contribution is 9.10. The highest BCUT2D eigenvalue weighted by Crippen LogP contribution is 2.59. The van der Waals surface area contributed by atoms with Crippen LogP contribution in [0, 0.1) is 16.0 Å². The van der Waals surface area contributed by atoms with Crippen molar-refractivity contribution in [2.45, 2.75) is 33.9 Å². The number of nitro groups is 1. The number of nitrogens with one attached hydrogen (secondary N) is 1. The summed E-state index contributed by atoms with van der Waals surface area (Å²) in [6.07, 6.45) is 0.733. The predicted octanol–water partition coefficient (Wildman–Crippen LogP) is 9.28. The molecular formula is C31H23BrCl2N2O3S. The minimum Gasteiger partial charge on any atom is -0.377 e. The second kappa shape index (κ2) is 11.2. The van der Waals surface area contributed by atoms with Gasteiger partial charge in [-0.05, 0) is 53.8 Å². The lowest BCUT2D eigenvalue weighted by Gasteiger charge is -2.39. The summed E-state index contributed by atoms with van der Waals surface area (Å²) in [5.41, 5.74) is 3.90. The molecule has 1 aliphatic heterocycles. The molecule has 1 heterocycles. The summed E-state index contributed by atoms with van der Waals surface area (Å²) in [5, 5.41) is 15.5. The van der Waals surface area contributed by atoms with E-state index in [4.69, 9.17) is 23.2 Å². The first-order valence-electron chi connectivity index (χ1n) is 12.8. The van der Waals surface area contributed by atoms with Crippen LogP contribution in [0.15, 0.2) is 100 Å². The van der Waals surface area contributed by atoms with E-state index in [2.05, 4.69) is 33.4 Å². The maximum Gasteiger partial charge on any atom is 0.282 e. The van der Waals surface area contributed by atoms with Gasteiger partial charge >= 0.3 is 0 Å². The van der Waals surface area contributed by atoms with E-state index in [0.717, 1.165) is 27.7 Å². The maximum atomic E-state index is 13.7. The highest BCUT2D eigenvalue weighted by Gasteiger charge is 2.51. The fraction of sp³-hybridized carbons (Fsp3) is 0.194. The molecule has 0 spiro atoms. The second-order valence-electron chi connectivity index (χ2n) is 10.0. The van der Waals surface area contributed by atoms with E-state index in [0.29, 0.717) is 21.0 Å². The van der Waals surface area contributed by atoms with Crippen LogP contribution in [0.4, 0.5) is 11.4 Å². The van der Waals surface area contributed by atoms with Crippen LogP contribution in [0.5, 0.6) is 0 Å². The van der Waals surface area contributed by atoms with E-state index in [1.807, 2.05) is 42.5 Å². The molecule has 5 atom stereocenters. The molecule has 0 unspecified atom stereocenters. The number of halogens is 3. The fourth-order valence-electron chi connectivity index (χ4n) is 5.98. The van der Waals surface area contributed by atoms with Gasteiger partial charge in [0.1, 0.15) is 0 Å². The average Bonchev–Trinajstić information content (AvgIpc) is 3.29. The number of carbonyl (C=O) groups is 1. The number of thioether (sulfide) groups is 1. The van der Waals surface area contributed by atoms with Crippen molar-refractivity contribution in [2.24, 2.45) is 5.92 Å². The standard InChI is InChI=1S/C31H23BrCl2N2O3S/c32-19-12-10-17(11-13-19)29-22-16-26(40-25-9-5-4-8-24(25)36(38)39)28(34)27(22)21-14-20(33)15-23(30(21)35-29)31(37)18-6-2-1-3-7-18/h1-15,22,26-29,35H,16H2/t22-,26+,27+,28-,29-/m1/s1. The van der Waals surface area contributed by atoms with Gasteiger partial charge in [0.2, 0.25) is 0 Å². The van der Waals surface area contributed by atoms with Crippen molar-refractivity contribution in [3.8, 4) is 0 Å². The Labute approximate surface area is 254 Å². The van der Waals surface area contributed by atoms with Crippen molar-refractivity contribution in [1.82, 2.24) is 0 Å². The minimum absolute atomic E-state index is 0.0769. The molecule has 202 valence electrons. The van der Waals surface area contributed by atoms with E-state index in [1.54, 1.807) is 30.3 Å². The molecule has 1 N–H and O–H groups in total. The molecule has 1 saturated carbocycles. The Morgan fingerprint density at radius 1 is 1.00 bits per heavy atom. The van der Waals surface area contributed by atoms with Crippen LogP contribution in [0.2, 0.25) is 5.02 Å². The smallest absolute Gasteiger partial charge is 0.282 e. The highest BCUT2D eigenvalue weighted by atomic mass is 79.9. The number of benzene rings is 4. The van der Waals surface area contributed by atoms with Gasteiger partial charge in [-0.3, -0.25) is 14.9 Å². The van der Waals surface area contributed by atoms with E-state index < -0.39 is 0 Å². The van der Waals surface area contributed by atoms with Gasteiger partial charge < -0.3 is 5.32 Å². The molecule has 1 aliphatic carbocycles. The summed E-state index contributed by atoms with van der Waals surface area (Å²) >= 11 is 18.9. The van der Waals surface area contributed by atoms with Crippen LogP contribution in [-0.4, -0.2) is 21.3 Å². The summed E-state index contributed by atoms with van der Waals surface area (Å²) in [7, 11) is 0. The molecule has 6 rings (SSSR count). The van der Waals surface area contributed by atoms with Gasteiger partial charge in [-0.15, -0.1) is 23.4 Å². The maximum absolute atomic E-state index is 13.7. The van der Waals surface area contributed by atoms with Gasteiger partial charge in [-0.1, -0.05) is 82.1 Å². The largest absolute Gasteiger partial charge is 0.377 e. The Morgan fingerprint density at radius 2 is 1.70 bits per heavy atom. The monoisotopic (exact) mass is 652 g/mol. The van der Waals surface area contributed by atoms with E-state index in [9.17, 15) is 14.9 Å². The fourth-order valence-corrected chi connectivity index (χ4v) is 8.42. The Morgan fingerprint density at radius 3 is 2.42 bits per heavy atom. The first-order chi connectivity index (χ1) is 19.3. The SMILES string of the molecule is O=C(c1ccccc1)c1cc(Cl)cc2c1N[C@H](c1ccc(Br)cc1)[C@@H]1C[C@H](Sc3ccccc3[N+](=O)[O-])[C@@H](Cl)[C@@H]21. The lowest BCUT2D eigenvalue weighted by atomic mass is 9.76. The van der Waals surface area contributed by atoms with Crippen molar-refractivity contribution >= 4 is 68.1 Å². The summed E-state index contributed by atoms with van der Waals surface area (Å²) < 4.78 is 0.974. The van der Waals surface area contributed by atoms with Crippen molar-refractivity contribution < 1.29 is 9.72 Å². The lowest BCUT2D eigenvalue weighted by molar-refractivity contribution is -0.387. The number of hydrogen-bond donors (Lipinski definition) is 1. The molecule has 5 nitrogen and oxygen atoms in total. The van der Waals surface area contributed by atoms with Gasteiger partial charge in [0.05, 0.1) is 21.2 Å². The summed E-state index contributed by atoms with van der Waals surface area (Å²) in [6.45, 7) is 0. The van der Waals surface area contributed by atoms with Crippen LogP contribution in [-0.2, 0) is 0 Å². The van der Waals surface area contributed by atoms with Crippen LogP contribution in [0.1, 0.15) is 45.4 Å². The topological polar surface area (TPSA) is 72.2 Å². The molecular weight excluding hydrogens is 631 g/mol. The average molecular weight is 654 g/mol. The number of anilines is 1. The molecule has 4 aromatic rings. The first-order valence-corrected chi connectivity index (χ1v) is 15.3. The van der Waals surface area contributed by atoms with Crippen LogP contribution >= 0.6 is 50.9 Å². The van der Waals surface area contributed by atoms with Crippen molar-refractivity contribution in [2.75, 3.05) is 5.32 Å². The number of nitro benzene ring substituents is 1. The zero-order valence-corrected chi connectivity index (χ0v) is 24.9. The molecule has 1 fully saturated rings. The zero-order valence-electron chi connectivity index (χ0n) is 21.0. The van der Waals surface area contributed by atoms with Crippen LogP contribution in [0.25, 0.3) is 0 Å². The molecule has 9 heteroatoms. The molecule has 0 amide bonds. The predicted molar refractivity (Wildman–Crippen MR) is 165 cm³/mol. The number of nitrogens with zero attached hydrogens (tertiary/aromatic N) is 1. The molecule has 0 radical (unpaired) electrons. The van der Waals surface area contributed by atoms with Gasteiger partial charge in [0.25, 0.3) is 5.69 Å². The number of carbonyl (C=O) groups excluding carboxylic acids is 1. The third kappa shape index (κ3) is 5.05. The van der Waals surface area contributed by atoms with Crippen LogP contribution in [0.3, 0.4) is 0 Å². The van der Waals surface area contributed by atoms with Crippen LogP contribution < -0.4 is 5.32 Å². The second-order valence-corrected chi connectivity index (χ2v) is 13.2. The van der Waals surface area contributed by atoms with E-state index >= 15 is 0 Å². The summed E-state index contributed by atoms with van der Waals surface area (Å²) in [6, 6.07) is 27.6. The Bertz CT molecular complexity index is 1600. The Kier molecular flexibility index (Phi) is 7.66. The third-order valence-corrected chi connectivity index (χ3v) is 10.6. The molecule has 2 aliphatic rings. The van der Waals surface area contributed by atoms with Gasteiger partial charge in [-0.25, -0.2) is 0 Å². The van der Waals surface area contributed by atoms with Gasteiger partial charge in [-0.2, -0.15) is 0 Å². The molecule has 0 saturated heterocycles. The molecule has 0 bridgehead atoms. The Balaban J connectivity index is 1.46.